The van der Waals surface area contributed by atoms with Crippen LogP contribution in [0, 0.1) is 0 Å². The minimum atomic E-state index is -0.507. The number of aliphatic hydroxyl groups is 1. The van der Waals surface area contributed by atoms with Gasteiger partial charge in [-0.2, -0.15) is 0 Å². The molecule has 3 aromatic carbocycles. The van der Waals surface area contributed by atoms with Crippen LogP contribution in [0.15, 0.2) is 85.5 Å². The highest BCUT2D eigenvalue weighted by Crippen LogP contribution is 2.39. The summed E-state index contributed by atoms with van der Waals surface area (Å²) in [6, 6.07) is 25.2. The minimum Gasteiger partial charge on any atom is -0.392 e. The van der Waals surface area contributed by atoms with Gasteiger partial charge in [0.05, 0.1) is 18.8 Å². The number of hydrogen-bond donors (Lipinski definition) is 2. The van der Waals surface area contributed by atoms with Crippen LogP contribution in [0.4, 0.5) is 0 Å². The predicted molar refractivity (Wildman–Crippen MR) is 162 cm³/mol. The number of carbonyl (C=O) groups excluding carboxylic acids is 1. The Kier molecular flexibility index (Phi) is 10.0. The molecular formula is C35H42N2O4. The minimum absolute atomic E-state index is 0.00135. The van der Waals surface area contributed by atoms with Crippen molar-refractivity contribution in [1.82, 2.24) is 10.2 Å². The van der Waals surface area contributed by atoms with E-state index in [1.165, 1.54) is 32.6 Å². The van der Waals surface area contributed by atoms with E-state index in [-0.39, 0.29) is 24.7 Å². The fraction of sp³-hybridized carbons (Fsp3) is 0.400. The first-order valence-electron chi connectivity index (χ1n) is 14.8. The second-order valence-corrected chi connectivity index (χ2v) is 11.3. The van der Waals surface area contributed by atoms with E-state index in [0.717, 1.165) is 52.9 Å². The molecule has 0 radical (unpaired) electrons. The Balaban J connectivity index is 1.40. The summed E-state index contributed by atoms with van der Waals surface area (Å²) in [4.78, 5) is 13.9. The topological polar surface area (TPSA) is 71.0 Å². The lowest BCUT2D eigenvalue weighted by molar-refractivity contribution is -0.253. The van der Waals surface area contributed by atoms with Gasteiger partial charge in [-0.05, 0) is 52.8 Å². The third kappa shape index (κ3) is 7.72. The number of amides is 1. The second kappa shape index (κ2) is 14.1. The highest BCUT2D eigenvalue weighted by atomic mass is 16.7. The number of rotatable bonds is 11. The average molecular weight is 555 g/mol. The molecule has 41 heavy (non-hydrogen) atoms. The fourth-order valence-electron chi connectivity index (χ4n) is 6.05. The third-order valence-electron chi connectivity index (χ3n) is 8.22. The quantitative estimate of drug-likeness (QED) is 0.266. The van der Waals surface area contributed by atoms with Crippen LogP contribution >= 0.6 is 0 Å². The van der Waals surface area contributed by atoms with E-state index < -0.39 is 6.29 Å². The van der Waals surface area contributed by atoms with Crippen molar-refractivity contribution in [2.24, 2.45) is 0 Å². The normalized spacial score (nSPS) is 21.2. The van der Waals surface area contributed by atoms with Gasteiger partial charge in [0.1, 0.15) is 0 Å². The first-order chi connectivity index (χ1) is 20.0. The molecule has 0 unspecified atom stereocenters. The Morgan fingerprint density at radius 1 is 0.976 bits per heavy atom. The summed E-state index contributed by atoms with van der Waals surface area (Å²) in [5.74, 6) is -0.0429. The van der Waals surface area contributed by atoms with E-state index in [1.807, 2.05) is 30.3 Å². The van der Waals surface area contributed by atoms with Crippen molar-refractivity contribution in [1.29, 1.82) is 0 Å². The molecule has 3 atom stereocenters. The molecule has 0 bridgehead atoms. The van der Waals surface area contributed by atoms with Crippen LogP contribution in [0.25, 0.3) is 11.1 Å². The molecule has 1 amide bonds. The number of carbonyl (C=O) groups is 1. The van der Waals surface area contributed by atoms with Gasteiger partial charge in [0, 0.05) is 44.6 Å². The maximum Gasteiger partial charge on any atom is 0.217 e. The van der Waals surface area contributed by atoms with Crippen molar-refractivity contribution in [2.75, 3.05) is 13.1 Å². The monoisotopic (exact) mass is 554 g/mol. The Morgan fingerprint density at radius 2 is 1.71 bits per heavy atom. The zero-order chi connectivity index (χ0) is 28.6. The van der Waals surface area contributed by atoms with Gasteiger partial charge in [-0.3, -0.25) is 9.69 Å². The van der Waals surface area contributed by atoms with E-state index in [2.05, 4.69) is 65.3 Å². The van der Waals surface area contributed by atoms with Crippen molar-refractivity contribution in [2.45, 2.75) is 76.7 Å². The molecule has 1 saturated carbocycles. The zero-order valence-corrected chi connectivity index (χ0v) is 24.0. The van der Waals surface area contributed by atoms with Gasteiger partial charge >= 0.3 is 0 Å². The van der Waals surface area contributed by atoms with Crippen LogP contribution in [-0.4, -0.2) is 41.1 Å². The summed E-state index contributed by atoms with van der Waals surface area (Å²) < 4.78 is 13.3. The molecule has 216 valence electrons. The molecule has 0 aromatic heterocycles. The second-order valence-electron chi connectivity index (χ2n) is 11.3. The summed E-state index contributed by atoms with van der Waals surface area (Å²) in [6.45, 7) is 7.77. The maximum absolute atomic E-state index is 11.4. The van der Waals surface area contributed by atoms with Gasteiger partial charge < -0.3 is 19.9 Å². The molecule has 2 N–H and O–H groups in total. The lowest BCUT2D eigenvalue weighted by Gasteiger charge is -2.39. The van der Waals surface area contributed by atoms with E-state index in [0.29, 0.717) is 12.6 Å². The van der Waals surface area contributed by atoms with Gasteiger partial charge in [-0.25, -0.2) is 0 Å². The molecule has 6 heteroatoms. The van der Waals surface area contributed by atoms with Crippen molar-refractivity contribution < 1.29 is 19.4 Å². The summed E-state index contributed by atoms with van der Waals surface area (Å²) >= 11 is 0. The van der Waals surface area contributed by atoms with Gasteiger partial charge in [0.25, 0.3) is 0 Å². The molecule has 6 nitrogen and oxygen atoms in total. The molecule has 1 aliphatic heterocycles. The highest BCUT2D eigenvalue weighted by molar-refractivity contribution is 5.73. The van der Waals surface area contributed by atoms with Gasteiger partial charge in [0.2, 0.25) is 5.91 Å². The summed E-state index contributed by atoms with van der Waals surface area (Å²) in [7, 11) is 0. The van der Waals surface area contributed by atoms with Crippen LogP contribution in [0.3, 0.4) is 0 Å². The van der Waals surface area contributed by atoms with Gasteiger partial charge in [-0.15, -0.1) is 6.58 Å². The van der Waals surface area contributed by atoms with Crippen LogP contribution in [-0.2, 0) is 27.4 Å². The van der Waals surface area contributed by atoms with Crippen LogP contribution < -0.4 is 5.32 Å². The predicted octanol–water partition coefficient (Wildman–Crippen LogP) is 6.46. The molecule has 2 fully saturated rings. The van der Waals surface area contributed by atoms with Crippen LogP contribution in [0.5, 0.6) is 0 Å². The average Bonchev–Trinajstić information content (AvgIpc) is 3.55. The SMILES string of the molecule is C=CCN(C[C@H]1C[C@@H](c2ccc(CO)cc2)O[C@@H](c2cccc(-c3cccc(CNC(C)=O)c3)c2)O1)C1CCCC1. The standard InChI is InChI=1S/C35H42N2O4/c1-3-18-37(32-12-4-5-13-32)23-33-21-34(28-16-14-26(24-38)15-17-28)41-35(40-33)31-11-7-10-30(20-31)29-9-6-8-27(19-29)22-36-25(2)39/h3,6-11,14-17,19-20,32-35,38H,1,4-5,12-13,18,21-24H2,2H3,(H,36,39)/t33-,34+,35+/m1/s1. The highest BCUT2D eigenvalue weighted by Gasteiger charge is 2.34. The smallest absolute Gasteiger partial charge is 0.217 e. The van der Waals surface area contributed by atoms with Crippen molar-refractivity contribution in [3.05, 3.63) is 108 Å². The summed E-state index contributed by atoms with van der Waals surface area (Å²) in [6.07, 6.45) is 7.18. The first kappa shape index (κ1) is 29.2. The number of ether oxygens (including phenoxy) is 2. The number of nitrogens with one attached hydrogen (secondary N) is 1. The fourth-order valence-corrected chi connectivity index (χ4v) is 6.05. The van der Waals surface area contributed by atoms with E-state index in [1.54, 1.807) is 0 Å². The van der Waals surface area contributed by atoms with E-state index in [4.69, 9.17) is 9.47 Å². The molecule has 1 saturated heterocycles. The van der Waals surface area contributed by atoms with Gasteiger partial charge in [0.15, 0.2) is 6.29 Å². The van der Waals surface area contributed by atoms with Crippen LogP contribution in [0.1, 0.15) is 73.7 Å². The van der Waals surface area contributed by atoms with Gasteiger partial charge in [-0.1, -0.05) is 79.6 Å². The Bertz CT molecular complexity index is 1300. The number of hydrogen-bond acceptors (Lipinski definition) is 5. The molecule has 1 heterocycles. The summed E-state index contributed by atoms with van der Waals surface area (Å²) in [5.41, 5.74) is 6.17. The van der Waals surface area contributed by atoms with Crippen LogP contribution in [0.2, 0.25) is 0 Å². The molecule has 3 aromatic rings. The maximum atomic E-state index is 11.4. The molecule has 5 rings (SSSR count). The largest absolute Gasteiger partial charge is 0.392 e. The van der Waals surface area contributed by atoms with Crippen molar-refractivity contribution in [3.8, 4) is 11.1 Å². The van der Waals surface area contributed by atoms with E-state index in [9.17, 15) is 9.90 Å². The Hall–Kier alpha value is -3.29. The summed E-state index contributed by atoms with van der Waals surface area (Å²) in [5, 5.41) is 12.4. The first-order valence-corrected chi connectivity index (χ1v) is 14.8. The molecular weight excluding hydrogens is 512 g/mol. The number of benzene rings is 3. The lowest BCUT2D eigenvalue weighted by atomic mass is 9.98. The number of aliphatic hydroxyl groups excluding tert-OH is 1. The Morgan fingerprint density at radius 3 is 2.41 bits per heavy atom. The van der Waals surface area contributed by atoms with E-state index >= 15 is 0 Å². The van der Waals surface area contributed by atoms with Crippen molar-refractivity contribution in [3.63, 3.8) is 0 Å². The molecule has 0 spiro atoms. The van der Waals surface area contributed by atoms with Crippen molar-refractivity contribution >= 4 is 5.91 Å². The Labute approximate surface area is 244 Å². The lowest BCUT2D eigenvalue weighted by Crippen LogP contribution is -2.43. The third-order valence-corrected chi connectivity index (χ3v) is 8.22. The molecule has 2 aliphatic rings. The zero-order valence-electron chi connectivity index (χ0n) is 24.0. The number of nitrogens with zero attached hydrogens (tertiary/aromatic N) is 1. The molecule has 1 aliphatic carbocycles.